The lowest BCUT2D eigenvalue weighted by Gasteiger charge is -2.34. The highest BCUT2D eigenvalue weighted by atomic mass is 19.1. The second-order valence-electron chi connectivity index (χ2n) is 7.26. The zero-order valence-corrected chi connectivity index (χ0v) is 14.7. The van der Waals surface area contributed by atoms with Crippen molar-refractivity contribution < 1.29 is 9.13 Å². The molecule has 4 rings (SSSR count). The van der Waals surface area contributed by atoms with Gasteiger partial charge in [0.15, 0.2) is 0 Å². The molecule has 5 nitrogen and oxygen atoms in total. The largest absolute Gasteiger partial charge is 0.376 e. The maximum atomic E-state index is 14.0. The molecule has 1 atom stereocenters. The smallest absolute Gasteiger partial charge is 0.225 e. The van der Waals surface area contributed by atoms with Crippen molar-refractivity contribution in [3.05, 3.63) is 53.1 Å². The van der Waals surface area contributed by atoms with E-state index in [0.29, 0.717) is 19.8 Å². The Kier molecular flexibility index (Phi) is 4.17. The van der Waals surface area contributed by atoms with Gasteiger partial charge in [-0.05, 0) is 19.0 Å². The summed E-state index contributed by atoms with van der Waals surface area (Å²) in [5, 5.41) is 0. The average Bonchev–Trinajstić information content (AvgIpc) is 3.00. The van der Waals surface area contributed by atoms with Crippen molar-refractivity contribution in [2.45, 2.75) is 25.0 Å². The number of ether oxygens (including phenoxy) is 1. The van der Waals surface area contributed by atoms with E-state index in [1.807, 2.05) is 37.3 Å². The van der Waals surface area contributed by atoms with E-state index in [-0.39, 0.29) is 11.2 Å². The number of halogens is 1. The molecule has 25 heavy (non-hydrogen) atoms. The van der Waals surface area contributed by atoms with Crippen LogP contribution < -0.4 is 4.90 Å². The predicted octanol–water partition coefficient (Wildman–Crippen LogP) is 2.36. The number of benzene rings is 1. The molecule has 2 aliphatic heterocycles. The number of nitrogens with zero attached hydrogens (tertiary/aromatic N) is 4. The number of rotatable bonds is 3. The molecular weight excluding hydrogens is 319 g/mol. The Bertz CT molecular complexity index is 782. The van der Waals surface area contributed by atoms with Gasteiger partial charge in [0.05, 0.1) is 24.3 Å². The molecule has 0 N–H and O–H groups in total. The van der Waals surface area contributed by atoms with Crippen molar-refractivity contribution in [1.82, 2.24) is 14.9 Å². The van der Waals surface area contributed by atoms with E-state index in [0.717, 1.165) is 42.3 Å². The Balaban J connectivity index is 1.60. The third kappa shape index (κ3) is 3.00. The van der Waals surface area contributed by atoms with Crippen LogP contribution in [0.15, 0.2) is 30.5 Å². The Morgan fingerprint density at radius 1 is 1.32 bits per heavy atom. The van der Waals surface area contributed by atoms with Gasteiger partial charge in [0, 0.05) is 44.5 Å². The fraction of sp³-hybridized carbons (Fsp3) is 0.474. The first-order valence-electron chi connectivity index (χ1n) is 8.65. The number of hydrogen-bond donors (Lipinski definition) is 0. The summed E-state index contributed by atoms with van der Waals surface area (Å²) in [5.41, 5.74) is 2.80. The molecule has 1 saturated heterocycles. The van der Waals surface area contributed by atoms with Crippen LogP contribution in [0.2, 0.25) is 0 Å². The number of likely N-dealkylation sites (tertiary alicyclic amines) is 1. The third-order valence-corrected chi connectivity index (χ3v) is 5.17. The van der Waals surface area contributed by atoms with E-state index in [1.165, 1.54) is 6.07 Å². The fourth-order valence-corrected chi connectivity index (χ4v) is 3.87. The highest BCUT2D eigenvalue weighted by Gasteiger charge is 2.45. The van der Waals surface area contributed by atoms with Gasteiger partial charge in [0.1, 0.15) is 5.82 Å². The standard InChI is InChI=1S/C19H23FN4O/c1-23(2)18-21-9-15-11-25-13-19(17(15)22-18)7-8-24(12-19)10-14-5-3-4-6-16(14)20/h3-6,9H,7-8,10-13H2,1-2H3/t19-/m0/s1. The molecule has 1 spiro atoms. The van der Waals surface area contributed by atoms with E-state index in [1.54, 1.807) is 6.07 Å². The first kappa shape index (κ1) is 16.4. The summed E-state index contributed by atoms with van der Waals surface area (Å²) in [7, 11) is 3.90. The molecule has 3 heterocycles. The zero-order valence-electron chi connectivity index (χ0n) is 14.7. The summed E-state index contributed by atoms with van der Waals surface area (Å²) < 4.78 is 19.8. The van der Waals surface area contributed by atoms with Crippen molar-refractivity contribution in [2.75, 3.05) is 38.7 Å². The topological polar surface area (TPSA) is 41.5 Å². The molecule has 6 heteroatoms. The molecule has 1 fully saturated rings. The number of hydrogen-bond acceptors (Lipinski definition) is 5. The van der Waals surface area contributed by atoms with Crippen LogP contribution in [0.1, 0.15) is 23.2 Å². The van der Waals surface area contributed by atoms with Gasteiger partial charge in [-0.3, -0.25) is 4.90 Å². The number of aromatic nitrogens is 2. The normalized spacial score (nSPS) is 23.0. The maximum Gasteiger partial charge on any atom is 0.225 e. The number of anilines is 1. The maximum absolute atomic E-state index is 14.0. The predicted molar refractivity (Wildman–Crippen MR) is 94.0 cm³/mol. The monoisotopic (exact) mass is 342 g/mol. The Morgan fingerprint density at radius 3 is 2.96 bits per heavy atom. The van der Waals surface area contributed by atoms with Gasteiger partial charge < -0.3 is 9.64 Å². The summed E-state index contributed by atoms with van der Waals surface area (Å²) in [6.45, 7) is 3.60. The van der Waals surface area contributed by atoms with Crippen LogP contribution in [0.3, 0.4) is 0 Å². The van der Waals surface area contributed by atoms with Gasteiger partial charge in [-0.25, -0.2) is 14.4 Å². The fourth-order valence-electron chi connectivity index (χ4n) is 3.87. The molecule has 2 aliphatic rings. The van der Waals surface area contributed by atoms with Gasteiger partial charge in [-0.2, -0.15) is 0 Å². The van der Waals surface area contributed by atoms with E-state index in [4.69, 9.17) is 9.72 Å². The van der Waals surface area contributed by atoms with Crippen LogP contribution in [0.4, 0.5) is 10.3 Å². The average molecular weight is 342 g/mol. The highest BCUT2D eigenvalue weighted by molar-refractivity contribution is 5.37. The van der Waals surface area contributed by atoms with E-state index >= 15 is 0 Å². The first-order valence-corrected chi connectivity index (χ1v) is 8.65. The minimum absolute atomic E-state index is 0.119. The third-order valence-electron chi connectivity index (χ3n) is 5.17. The summed E-state index contributed by atoms with van der Waals surface area (Å²) in [5.74, 6) is 0.591. The van der Waals surface area contributed by atoms with Crippen LogP contribution in [0, 0.1) is 5.82 Å². The van der Waals surface area contributed by atoms with Gasteiger partial charge in [0.25, 0.3) is 0 Å². The first-order chi connectivity index (χ1) is 12.1. The van der Waals surface area contributed by atoms with Gasteiger partial charge in [-0.1, -0.05) is 18.2 Å². The van der Waals surface area contributed by atoms with E-state index in [2.05, 4.69) is 9.88 Å². The molecule has 1 aromatic heterocycles. The van der Waals surface area contributed by atoms with Gasteiger partial charge in [0.2, 0.25) is 5.95 Å². The van der Waals surface area contributed by atoms with Gasteiger partial charge >= 0.3 is 0 Å². The minimum Gasteiger partial charge on any atom is -0.376 e. The summed E-state index contributed by atoms with van der Waals surface area (Å²) >= 11 is 0. The lowest BCUT2D eigenvalue weighted by molar-refractivity contribution is 0.0502. The molecule has 0 unspecified atom stereocenters. The quantitative estimate of drug-likeness (QED) is 0.856. The van der Waals surface area contributed by atoms with Crippen molar-refractivity contribution in [1.29, 1.82) is 0 Å². The Morgan fingerprint density at radius 2 is 2.16 bits per heavy atom. The Labute approximate surface area is 147 Å². The molecule has 0 bridgehead atoms. The zero-order chi connectivity index (χ0) is 17.4. The second kappa shape index (κ2) is 6.35. The number of fused-ring (bicyclic) bond motifs is 2. The lowest BCUT2D eigenvalue weighted by Crippen LogP contribution is -2.40. The summed E-state index contributed by atoms with van der Waals surface area (Å²) in [4.78, 5) is 13.5. The molecule has 132 valence electrons. The highest BCUT2D eigenvalue weighted by Crippen LogP contribution is 2.39. The van der Waals surface area contributed by atoms with Crippen LogP contribution in [0.5, 0.6) is 0 Å². The molecular formula is C19H23FN4O. The van der Waals surface area contributed by atoms with Crippen molar-refractivity contribution in [3.8, 4) is 0 Å². The molecule has 0 radical (unpaired) electrons. The van der Waals surface area contributed by atoms with Crippen molar-refractivity contribution in [3.63, 3.8) is 0 Å². The van der Waals surface area contributed by atoms with Crippen LogP contribution in [0.25, 0.3) is 0 Å². The van der Waals surface area contributed by atoms with Crippen LogP contribution in [-0.2, 0) is 23.3 Å². The van der Waals surface area contributed by atoms with Crippen LogP contribution >= 0.6 is 0 Å². The molecule has 2 aromatic rings. The lowest BCUT2D eigenvalue weighted by atomic mass is 9.80. The second-order valence-corrected chi connectivity index (χ2v) is 7.26. The van der Waals surface area contributed by atoms with E-state index < -0.39 is 0 Å². The minimum atomic E-state index is -0.138. The van der Waals surface area contributed by atoms with Crippen LogP contribution in [-0.4, -0.2) is 48.7 Å². The molecule has 0 saturated carbocycles. The van der Waals surface area contributed by atoms with E-state index in [9.17, 15) is 4.39 Å². The summed E-state index contributed by atoms with van der Waals surface area (Å²) in [6.07, 6.45) is 2.86. The summed E-state index contributed by atoms with van der Waals surface area (Å²) in [6, 6.07) is 7.00. The van der Waals surface area contributed by atoms with Gasteiger partial charge in [-0.15, -0.1) is 0 Å². The SMILES string of the molecule is CN(C)c1ncc2c(n1)[C@]1(CCN(Cc3ccccc3F)C1)COC2. The molecule has 0 amide bonds. The molecule has 1 aromatic carbocycles. The van der Waals surface area contributed by atoms with Crippen molar-refractivity contribution in [2.24, 2.45) is 0 Å². The van der Waals surface area contributed by atoms with Crippen molar-refractivity contribution >= 4 is 5.95 Å². The Hall–Kier alpha value is -2.05. The molecule has 0 aliphatic carbocycles.